The summed E-state index contributed by atoms with van der Waals surface area (Å²) in [7, 11) is 1.58. The van der Waals surface area contributed by atoms with Crippen LogP contribution in [-0.4, -0.2) is 42.3 Å². The summed E-state index contributed by atoms with van der Waals surface area (Å²) in [5, 5.41) is -0.475. The van der Waals surface area contributed by atoms with Crippen LogP contribution in [0.5, 0.6) is 5.75 Å². The number of carbonyl (C=O) groups is 3. The first-order chi connectivity index (χ1) is 11.0. The van der Waals surface area contributed by atoms with Crippen LogP contribution in [0.4, 0.5) is 4.79 Å². The Kier molecular flexibility index (Phi) is 6.05. The lowest BCUT2D eigenvalue weighted by Crippen LogP contribution is -2.34. The molecule has 1 aliphatic heterocycles. The number of hydrogen-bond acceptors (Lipinski definition) is 6. The van der Waals surface area contributed by atoms with Gasteiger partial charge in [-0.25, -0.2) is 0 Å². The number of ether oxygens (including phenoxy) is 2. The first kappa shape index (κ1) is 17.8. The summed E-state index contributed by atoms with van der Waals surface area (Å²) in [4.78, 5) is 36.8. The molecule has 1 aliphatic rings. The maximum atomic E-state index is 12.2. The van der Waals surface area contributed by atoms with E-state index in [-0.39, 0.29) is 18.1 Å². The molecule has 2 rings (SSSR count). The number of hydrogen-bond donors (Lipinski definition) is 0. The molecule has 0 saturated carbocycles. The molecule has 1 aromatic rings. The van der Waals surface area contributed by atoms with E-state index in [0.29, 0.717) is 0 Å². The van der Waals surface area contributed by atoms with Gasteiger partial charge in [-0.15, -0.1) is 0 Å². The van der Waals surface area contributed by atoms with E-state index in [0.717, 1.165) is 31.5 Å². The highest BCUT2D eigenvalue weighted by Crippen LogP contribution is 2.33. The van der Waals surface area contributed by atoms with E-state index in [1.165, 1.54) is 0 Å². The third kappa shape index (κ3) is 4.25. The zero-order valence-electron chi connectivity index (χ0n) is 12.5. The summed E-state index contributed by atoms with van der Waals surface area (Å²) in [6, 6.07) is 5.43. The maximum Gasteiger partial charge on any atom is 0.326 e. The fourth-order valence-electron chi connectivity index (χ4n) is 1.90. The van der Waals surface area contributed by atoms with Crippen molar-refractivity contribution in [1.29, 1.82) is 0 Å². The van der Waals surface area contributed by atoms with E-state index in [4.69, 9.17) is 9.47 Å². The molecule has 0 aliphatic carbocycles. The fraction of sp³-hybridized carbons (Fsp3) is 0.267. The first-order valence-electron chi connectivity index (χ1n) is 6.70. The molecule has 0 atom stereocenters. The van der Waals surface area contributed by atoms with Crippen molar-refractivity contribution in [3.63, 3.8) is 0 Å². The smallest absolute Gasteiger partial charge is 0.326 e. The van der Waals surface area contributed by atoms with Gasteiger partial charge in [0.15, 0.2) is 0 Å². The number of halogens is 1. The Hall–Kier alpha value is -1.55. The van der Waals surface area contributed by atoms with Crippen LogP contribution in [-0.2, 0) is 14.3 Å². The molecular formula is C15H14INO5S. The fourth-order valence-corrected chi connectivity index (χ4v) is 3.49. The lowest BCUT2D eigenvalue weighted by atomic mass is 10.2. The Morgan fingerprint density at radius 2 is 2.13 bits per heavy atom. The average Bonchev–Trinajstić information content (AvgIpc) is 2.75. The van der Waals surface area contributed by atoms with Gasteiger partial charge in [-0.2, -0.15) is 0 Å². The topological polar surface area (TPSA) is 72.9 Å². The molecular weight excluding hydrogens is 433 g/mol. The second kappa shape index (κ2) is 7.82. The van der Waals surface area contributed by atoms with Crippen molar-refractivity contribution in [3.8, 4) is 5.75 Å². The Bertz CT molecular complexity index is 688. The SMILES string of the molecule is CCOC(=O)CN1C(=O)S/C(=C\c2ccc(OC)c(I)c2)C1=O. The zero-order chi connectivity index (χ0) is 17.0. The van der Waals surface area contributed by atoms with E-state index in [2.05, 4.69) is 22.6 Å². The van der Waals surface area contributed by atoms with Gasteiger partial charge in [0.05, 0.1) is 22.2 Å². The molecule has 0 spiro atoms. The molecule has 1 fully saturated rings. The Balaban J connectivity index is 2.18. The summed E-state index contributed by atoms with van der Waals surface area (Å²) in [5.41, 5.74) is 0.775. The minimum atomic E-state index is -0.602. The molecule has 0 unspecified atom stereocenters. The van der Waals surface area contributed by atoms with Crippen LogP contribution in [0.15, 0.2) is 23.1 Å². The van der Waals surface area contributed by atoms with Gasteiger partial charge >= 0.3 is 5.97 Å². The monoisotopic (exact) mass is 447 g/mol. The van der Waals surface area contributed by atoms with Crippen LogP contribution in [0.2, 0.25) is 0 Å². The highest BCUT2D eigenvalue weighted by Gasteiger charge is 2.36. The molecule has 1 saturated heterocycles. The number of methoxy groups -OCH3 is 1. The molecule has 2 amide bonds. The van der Waals surface area contributed by atoms with Crippen LogP contribution in [0.25, 0.3) is 6.08 Å². The second-order valence-corrected chi connectivity index (χ2v) is 6.62. The first-order valence-corrected chi connectivity index (χ1v) is 8.60. The predicted octanol–water partition coefficient (Wildman–Crippen LogP) is 2.90. The van der Waals surface area contributed by atoms with E-state index >= 15 is 0 Å². The minimum absolute atomic E-state index is 0.204. The second-order valence-electron chi connectivity index (χ2n) is 4.47. The van der Waals surface area contributed by atoms with E-state index in [9.17, 15) is 14.4 Å². The Labute approximate surface area is 151 Å². The van der Waals surface area contributed by atoms with E-state index < -0.39 is 17.1 Å². The lowest BCUT2D eigenvalue weighted by molar-refractivity contribution is -0.145. The standard InChI is InChI=1S/C15H14INO5S/c1-3-22-13(18)8-17-14(19)12(23-15(17)20)7-9-4-5-11(21-2)10(16)6-9/h4-7H,3,8H2,1-2H3/b12-7-. The van der Waals surface area contributed by atoms with E-state index in [1.807, 2.05) is 6.07 Å². The van der Waals surface area contributed by atoms with Crippen molar-refractivity contribution in [1.82, 2.24) is 4.90 Å². The molecule has 0 radical (unpaired) electrons. The van der Waals surface area contributed by atoms with Gasteiger partial charge in [0.25, 0.3) is 11.1 Å². The highest BCUT2D eigenvalue weighted by molar-refractivity contribution is 14.1. The highest BCUT2D eigenvalue weighted by atomic mass is 127. The van der Waals surface area contributed by atoms with Crippen LogP contribution in [0.3, 0.4) is 0 Å². The van der Waals surface area contributed by atoms with Gasteiger partial charge in [-0.3, -0.25) is 19.3 Å². The molecule has 6 nitrogen and oxygen atoms in total. The Morgan fingerprint density at radius 3 is 2.74 bits per heavy atom. The molecule has 0 N–H and O–H groups in total. The van der Waals surface area contributed by atoms with Gasteiger partial charge in [-0.1, -0.05) is 6.07 Å². The number of rotatable bonds is 5. The van der Waals surface area contributed by atoms with Gasteiger partial charge in [0.1, 0.15) is 12.3 Å². The largest absolute Gasteiger partial charge is 0.496 e. The number of benzene rings is 1. The van der Waals surface area contributed by atoms with Crippen molar-refractivity contribution in [2.45, 2.75) is 6.92 Å². The summed E-state index contributed by atoms with van der Waals surface area (Å²) >= 11 is 2.94. The lowest BCUT2D eigenvalue weighted by Gasteiger charge is -2.10. The predicted molar refractivity (Wildman–Crippen MR) is 95.0 cm³/mol. The van der Waals surface area contributed by atoms with Crippen LogP contribution in [0, 0.1) is 3.57 Å². The van der Waals surface area contributed by atoms with Crippen LogP contribution in [0.1, 0.15) is 12.5 Å². The number of carbonyl (C=O) groups excluding carboxylic acids is 3. The number of thioether (sulfide) groups is 1. The maximum absolute atomic E-state index is 12.2. The molecule has 8 heteroatoms. The van der Waals surface area contributed by atoms with Crippen molar-refractivity contribution in [2.75, 3.05) is 20.3 Å². The third-order valence-electron chi connectivity index (χ3n) is 2.94. The number of amides is 2. The summed E-state index contributed by atoms with van der Waals surface area (Å²) in [6.45, 7) is 1.50. The number of esters is 1. The molecule has 122 valence electrons. The number of imide groups is 1. The van der Waals surface area contributed by atoms with Gasteiger partial charge in [-0.05, 0) is 65.0 Å². The van der Waals surface area contributed by atoms with Crippen molar-refractivity contribution >= 4 is 57.5 Å². The summed E-state index contributed by atoms with van der Waals surface area (Å²) in [5.74, 6) is -0.355. The molecule has 23 heavy (non-hydrogen) atoms. The van der Waals surface area contributed by atoms with Gasteiger partial charge < -0.3 is 9.47 Å². The third-order valence-corrected chi connectivity index (χ3v) is 4.69. The number of nitrogens with zero attached hydrogens (tertiary/aromatic N) is 1. The summed E-state index contributed by atoms with van der Waals surface area (Å²) in [6.07, 6.45) is 1.62. The molecule has 1 heterocycles. The van der Waals surface area contributed by atoms with Gasteiger partial charge in [0, 0.05) is 0 Å². The molecule has 0 bridgehead atoms. The van der Waals surface area contributed by atoms with E-state index in [1.54, 1.807) is 32.2 Å². The average molecular weight is 447 g/mol. The van der Waals surface area contributed by atoms with Crippen molar-refractivity contribution in [2.24, 2.45) is 0 Å². The Morgan fingerprint density at radius 1 is 1.39 bits per heavy atom. The van der Waals surface area contributed by atoms with Gasteiger partial charge in [0.2, 0.25) is 0 Å². The van der Waals surface area contributed by atoms with Crippen molar-refractivity contribution in [3.05, 3.63) is 32.2 Å². The minimum Gasteiger partial charge on any atom is -0.496 e. The van der Waals surface area contributed by atoms with Crippen LogP contribution >= 0.6 is 34.4 Å². The van der Waals surface area contributed by atoms with Crippen LogP contribution < -0.4 is 4.74 Å². The normalized spacial score (nSPS) is 16.1. The quantitative estimate of drug-likeness (QED) is 0.393. The zero-order valence-corrected chi connectivity index (χ0v) is 15.5. The summed E-state index contributed by atoms with van der Waals surface area (Å²) < 4.78 is 10.8. The molecule has 1 aromatic carbocycles. The van der Waals surface area contributed by atoms with Crippen molar-refractivity contribution < 1.29 is 23.9 Å². The molecule has 0 aromatic heterocycles.